The molecule has 5 heteroatoms. The highest BCUT2D eigenvalue weighted by atomic mass is 16.4. The molecule has 4 unspecified atom stereocenters. The van der Waals surface area contributed by atoms with Gasteiger partial charge in [-0.1, -0.05) is 12.2 Å². The number of aliphatic carboxylic acids is 1. The van der Waals surface area contributed by atoms with Crippen LogP contribution in [0.15, 0.2) is 12.2 Å². The van der Waals surface area contributed by atoms with E-state index in [2.05, 4.69) is 17.5 Å². The van der Waals surface area contributed by atoms with Crippen molar-refractivity contribution in [2.24, 2.45) is 23.7 Å². The quantitative estimate of drug-likeness (QED) is 0.772. The minimum absolute atomic E-state index is 0.0980. The first kappa shape index (κ1) is 13.5. The standard InChI is InChI=1S/C15H22N2O3/c18-14(19)12-5-6-17(9-12)15(20)16-8-13-7-10-1-3-11(13)4-2-10/h1,3,10-13H,2,4-9H2,(H,16,20)(H,18,19). The number of amides is 2. The molecule has 1 saturated carbocycles. The van der Waals surface area contributed by atoms with Gasteiger partial charge in [-0.15, -0.1) is 0 Å². The average Bonchev–Trinajstić information content (AvgIpc) is 2.96. The molecule has 2 bridgehead atoms. The van der Waals surface area contributed by atoms with Crippen molar-refractivity contribution in [2.75, 3.05) is 19.6 Å². The predicted molar refractivity (Wildman–Crippen MR) is 74.2 cm³/mol. The Morgan fingerprint density at radius 2 is 2.10 bits per heavy atom. The van der Waals surface area contributed by atoms with Crippen LogP contribution in [0.3, 0.4) is 0 Å². The van der Waals surface area contributed by atoms with E-state index in [0.29, 0.717) is 37.3 Å². The largest absolute Gasteiger partial charge is 0.481 e. The summed E-state index contributed by atoms with van der Waals surface area (Å²) < 4.78 is 0. The van der Waals surface area contributed by atoms with Gasteiger partial charge < -0.3 is 15.3 Å². The van der Waals surface area contributed by atoms with Crippen LogP contribution in [-0.4, -0.2) is 41.6 Å². The summed E-state index contributed by atoms with van der Waals surface area (Å²) >= 11 is 0. The smallest absolute Gasteiger partial charge is 0.317 e. The fourth-order valence-corrected chi connectivity index (χ4v) is 3.76. The van der Waals surface area contributed by atoms with Crippen LogP contribution in [0.5, 0.6) is 0 Å². The fourth-order valence-electron chi connectivity index (χ4n) is 3.76. The summed E-state index contributed by atoms with van der Waals surface area (Å²) in [6.45, 7) is 1.62. The summed E-state index contributed by atoms with van der Waals surface area (Å²) in [4.78, 5) is 24.6. The van der Waals surface area contributed by atoms with E-state index in [1.54, 1.807) is 4.90 Å². The van der Waals surface area contributed by atoms with Crippen LogP contribution in [0.25, 0.3) is 0 Å². The Bertz CT molecular complexity index is 435. The molecular weight excluding hydrogens is 256 g/mol. The molecule has 1 saturated heterocycles. The van der Waals surface area contributed by atoms with Crippen molar-refractivity contribution >= 4 is 12.0 Å². The fraction of sp³-hybridized carbons (Fsp3) is 0.733. The highest BCUT2D eigenvalue weighted by Gasteiger charge is 2.34. The highest BCUT2D eigenvalue weighted by Crippen LogP contribution is 2.39. The number of fused-ring (bicyclic) bond motifs is 2. The molecule has 1 aliphatic heterocycles. The van der Waals surface area contributed by atoms with Crippen molar-refractivity contribution in [1.29, 1.82) is 0 Å². The van der Waals surface area contributed by atoms with Gasteiger partial charge in [-0.25, -0.2) is 4.79 Å². The Kier molecular flexibility index (Phi) is 3.68. The number of carbonyl (C=O) groups excluding carboxylic acids is 1. The molecule has 0 aromatic heterocycles. The second-order valence-corrected chi connectivity index (χ2v) is 6.34. The maximum Gasteiger partial charge on any atom is 0.317 e. The van der Waals surface area contributed by atoms with Crippen LogP contribution in [0, 0.1) is 23.7 Å². The van der Waals surface area contributed by atoms with Crippen LogP contribution in [0.1, 0.15) is 25.7 Å². The first-order chi connectivity index (χ1) is 9.63. The number of nitrogens with one attached hydrogen (secondary N) is 1. The zero-order valence-corrected chi connectivity index (χ0v) is 11.6. The molecule has 5 nitrogen and oxygen atoms in total. The maximum atomic E-state index is 12.1. The number of likely N-dealkylation sites (tertiary alicyclic amines) is 1. The van der Waals surface area contributed by atoms with Crippen molar-refractivity contribution < 1.29 is 14.7 Å². The molecule has 0 spiro atoms. The van der Waals surface area contributed by atoms with Gasteiger partial charge in [0.2, 0.25) is 0 Å². The number of nitrogens with zero attached hydrogens (tertiary/aromatic N) is 1. The number of carboxylic acids is 1. The lowest BCUT2D eigenvalue weighted by Gasteiger charge is -2.38. The van der Waals surface area contributed by atoms with E-state index in [1.807, 2.05) is 0 Å². The van der Waals surface area contributed by atoms with E-state index in [0.717, 1.165) is 6.54 Å². The molecule has 0 aromatic carbocycles. The minimum atomic E-state index is -0.796. The molecule has 3 aliphatic carbocycles. The van der Waals surface area contributed by atoms with Gasteiger partial charge in [0.15, 0.2) is 0 Å². The number of carbonyl (C=O) groups is 2. The van der Waals surface area contributed by atoms with Crippen LogP contribution < -0.4 is 5.32 Å². The van der Waals surface area contributed by atoms with Gasteiger partial charge in [0.1, 0.15) is 0 Å². The lowest BCUT2D eigenvalue weighted by atomic mass is 9.69. The van der Waals surface area contributed by atoms with Crippen molar-refractivity contribution in [1.82, 2.24) is 10.2 Å². The van der Waals surface area contributed by atoms with Crippen molar-refractivity contribution in [3.05, 3.63) is 12.2 Å². The molecule has 0 aromatic rings. The summed E-state index contributed by atoms with van der Waals surface area (Å²) in [5.74, 6) is 0.681. The van der Waals surface area contributed by atoms with E-state index in [1.165, 1.54) is 19.3 Å². The second kappa shape index (κ2) is 5.46. The Morgan fingerprint density at radius 1 is 1.25 bits per heavy atom. The number of allylic oxidation sites excluding steroid dienone is 2. The predicted octanol–water partition coefficient (Wildman–Crippen LogP) is 1.70. The van der Waals surface area contributed by atoms with Gasteiger partial charge in [0.05, 0.1) is 5.92 Å². The molecule has 4 aliphatic rings. The second-order valence-electron chi connectivity index (χ2n) is 6.34. The van der Waals surface area contributed by atoms with Gasteiger partial charge >= 0.3 is 12.0 Å². The molecular formula is C15H22N2O3. The van der Waals surface area contributed by atoms with Crippen LogP contribution in [0.2, 0.25) is 0 Å². The van der Waals surface area contributed by atoms with Crippen molar-refractivity contribution in [3.8, 4) is 0 Å². The van der Waals surface area contributed by atoms with Crippen LogP contribution in [0.4, 0.5) is 4.79 Å². The summed E-state index contributed by atoms with van der Waals surface area (Å²) in [5.41, 5.74) is 0. The number of hydrogen-bond acceptors (Lipinski definition) is 2. The van der Waals surface area contributed by atoms with Gasteiger partial charge in [0.25, 0.3) is 0 Å². The minimum Gasteiger partial charge on any atom is -0.481 e. The molecule has 4 atom stereocenters. The number of hydrogen-bond donors (Lipinski definition) is 2. The number of carboxylic acid groups (broad SMARTS) is 1. The van der Waals surface area contributed by atoms with Gasteiger partial charge in [0, 0.05) is 19.6 Å². The zero-order valence-electron chi connectivity index (χ0n) is 11.6. The SMILES string of the molecule is O=C(O)C1CCN(C(=O)NCC2CC3C=CC2CC3)C1. The van der Waals surface area contributed by atoms with Gasteiger partial charge in [-0.3, -0.25) is 4.79 Å². The summed E-state index contributed by atoms with van der Waals surface area (Å²) in [6.07, 6.45) is 8.92. The zero-order chi connectivity index (χ0) is 14.1. The number of rotatable bonds is 3. The summed E-state index contributed by atoms with van der Waals surface area (Å²) in [6, 6.07) is -0.0980. The normalized spacial score (nSPS) is 35.3. The molecule has 110 valence electrons. The molecule has 2 amide bonds. The van der Waals surface area contributed by atoms with Gasteiger partial charge in [-0.05, 0) is 43.4 Å². The third-order valence-corrected chi connectivity index (χ3v) is 5.05. The number of urea groups is 1. The van der Waals surface area contributed by atoms with E-state index < -0.39 is 11.9 Å². The summed E-state index contributed by atoms with van der Waals surface area (Å²) in [7, 11) is 0. The molecule has 2 fully saturated rings. The molecule has 4 rings (SSSR count). The van der Waals surface area contributed by atoms with Gasteiger partial charge in [-0.2, -0.15) is 0 Å². The lowest BCUT2D eigenvalue weighted by molar-refractivity contribution is -0.141. The van der Waals surface area contributed by atoms with Crippen molar-refractivity contribution in [2.45, 2.75) is 25.7 Å². The summed E-state index contributed by atoms with van der Waals surface area (Å²) in [5, 5.41) is 12.0. The monoisotopic (exact) mass is 278 g/mol. The first-order valence-electron chi connectivity index (χ1n) is 7.57. The Hall–Kier alpha value is -1.52. The average molecular weight is 278 g/mol. The Balaban J connectivity index is 1.46. The first-order valence-corrected chi connectivity index (χ1v) is 7.57. The van der Waals surface area contributed by atoms with E-state index >= 15 is 0 Å². The maximum absolute atomic E-state index is 12.1. The van der Waals surface area contributed by atoms with Crippen molar-refractivity contribution in [3.63, 3.8) is 0 Å². The van der Waals surface area contributed by atoms with Crippen LogP contribution >= 0.6 is 0 Å². The van der Waals surface area contributed by atoms with Crippen LogP contribution in [-0.2, 0) is 4.79 Å². The Morgan fingerprint density at radius 3 is 2.65 bits per heavy atom. The highest BCUT2D eigenvalue weighted by molar-refractivity contribution is 5.77. The van der Waals surface area contributed by atoms with E-state index in [4.69, 9.17) is 5.11 Å². The third-order valence-electron chi connectivity index (χ3n) is 5.05. The molecule has 1 heterocycles. The molecule has 2 N–H and O–H groups in total. The lowest BCUT2D eigenvalue weighted by Crippen LogP contribution is -2.43. The molecule has 0 radical (unpaired) electrons. The topological polar surface area (TPSA) is 69.6 Å². The third kappa shape index (κ3) is 2.67. The Labute approximate surface area is 119 Å². The molecule has 20 heavy (non-hydrogen) atoms. The van der Waals surface area contributed by atoms with E-state index in [-0.39, 0.29) is 6.03 Å². The van der Waals surface area contributed by atoms with E-state index in [9.17, 15) is 9.59 Å².